The maximum Gasteiger partial charge on any atom is 0.237 e. The average Bonchev–Trinajstić information content (AvgIpc) is 3.15. The van der Waals surface area contributed by atoms with Gasteiger partial charge in [-0.1, -0.05) is 12.1 Å². The van der Waals surface area contributed by atoms with Crippen molar-refractivity contribution in [1.82, 2.24) is 10.2 Å². The summed E-state index contributed by atoms with van der Waals surface area (Å²) in [4.78, 5) is 13.8. The molecular weight excluding hydrogens is 231 g/mol. The number of likely N-dealkylation sites (N-methyl/N-ethyl adjacent to an activating group) is 1. The fraction of sp³-hybridized carbons (Fsp3) is 0.500. The fourth-order valence-electron chi connectivity index (χ4n) is 1.76. The Kier molecular flexibility index (Phi) is 3.97. The molecule has 0 spiro atoms. The van der Waals surface area contributed by atoms with Crippen LogP contribution in [0.5, 0.6) is 0 Å². The quantitative estimate of drug-likeness (QED) is 0.866. The van der Waals surface area contributed by atoms with E-state index in [9.17, 15) is 9.18 Å². The molecule has 0 heterocycles. The van der Waals surface area contributed by atoms with Crippen LogP contribution in [0.15, 0.2) is 24.3 Å². The molecule has 0 unspecified atom stereocenters. The molecule has 98 valence electrons. The van der Waals surface area contributed by atoms with Gasteiger partial charge in [-0.05, 0) is 44.5 Å². The van der Waals surface area contributed by atoms with E-state index in [-0.39, 0.29) is 17.8 Å². The predicted octanol–water partition coefficient (Wildman–Crippen LogP) is 1.92. The van der Waals surface area contributed by atoms with E-state index in [1.54, 1.807) is 12.1 Å². The number of halogens is 1. The molecule has 1 aliphatic rings. The molecule has 2 rings (SSSR count). The summed E-state index contributed by atoms with van der Waals surface area (Å²) >= 11 is 0. The Hall–Kier alpha value is -1.42. The van der Waals surface area contributed by atoms with Gasteiger partial charge in [-0.25, -0.2) is 4.39 Å². The van der Waals surface area contributed by atoms with Gasteiger partial charge in [0.1, 0.15) is 5.82 Å². The summed E-state index contributed by atoms with van der Waals surface area (Å²) in [5.74, 6) is -0.164. The number of hydrogen-bond donors (Lipinski definition) is 1. The number of hydrogen-bond acceptors (Lipinski definition) is 2. The van der Waals surface area contributed by atoms with E-state index in [1.165, 1.54) is 12.1 Å². The first-order valence-electron chi connectivity index (χ1n) is 6.31. The van der Waals surface area contributed by atoms with Crippen LogP contribution in [0.2, 0.25) is 0 Å². The molecule has 18 heavy (non-hydrogen) atoms. The SMILES string of the molecule is C[C@@H](C(=O)NC1CC1)N(C)Cc1ccc(F)cc1. The van der Waals surface area contributed by atoms with Gasteiger partial charge in [0.25, 0.3) is 0 Å². The van der Waals surface area contributed by atoms with Crippen LogP contribution in [0.4, 0.5) is 4.39 Å². The lowest BCUT2D eigenvalue weighted by atomic mass is 10.2. The Morgan fingerprint density at radius 1 is 1.44 bits per heavy atom. The van der Waals surface area contributed by atoms with Gasteiger partial charge in [-0.2, -0.15) is 0 Å². The highest BCUT2D eigenvalue weighted by molar-refractivity contribution is 5.81. The summed E-state index contributed by atoms with van der Waals surface area (Å²) in [6, 6.07) is 6.60. The molecule has 1 aromatic rings. The lowest BCUT2D eigenvalue weighted by Gasteiger charge is -2.23. The van der Waals surface area contributed by atoms with E-state index in [0.29, 0.717) is 12.6 Å². The van der Waals surface area contributed by atoms with Crippen LogP contribution in [-0.4, -0.2) is 29.9 Å². The molecule has 4 heteroatoms. The minimum absolute atomic E-state index is 0.0714. The van der Waals surface area contributed by atoms with Crippen molar-refractivity contribution in [3.63, 3.8) is 0 Å². The number of carbonyl (C=O) groups excluding carboxylic acids is 1. The molecule has 1 fully saturated rings. The monoisotopic (exact) mass is 250 g/mol. The van der Waals surface area contributed by atoms with Gasteiger partial charge >= 0.3 is 0 Å². The third kappa shape index (κ3) is 3.53. The van der Waals surface area contributed by atoms with Crippen LogP contribution in [0.25, 0.3) is 0 Å². The van der Waals surface area contributed by atoms with E-state index in [1.807, 2.05) is 18.9 Å². The van der Waals surface area contributed by atoms with Gasteiger partial charge in [-0.3, -0.25) is 9.69 Å². The fourth-order valence-corrected chi connectivity index (χ4v) is 1.76. The maximum absolute atomic E-state index is 12.8. The second-order valence-corrected chi connectivity index (χ2v) is 5.00. The smallest absolute Gasteiger partial charge is 0.237 e. The van der Waals surface area contributed by atoms with Crippen LogP contribution in [-0.2, 0) is 11.3 Å². The average molecular weight is 250 g/mol. The van der Waals surface area contributed by atoms with Gasteiger partial charge < -0.3 is 5.32 Å². The van der Waals surface area contributed by atoms with Crippen molar-refractivity contribution in [2.24, 2.45) is 0 Å². The first-order valence-corrected chi connectivity index (χ1v) is 6.31. The summed E-state index contributed by atoms with van der Waals surface area (Å²) in [7, 11) is 1.90. The summed E-state index contributed by atoms with van der Waals surface area (Å²) in [5.41, 5.74) is 1.00. The molecule has 0 saturated heterocycles. The number of amides is 1. The van der Waals surface area contributed by atoms with E-state index in [2.05, 4.69) is 5.32 Å². The van der Waals surface area contributed by atoms with Crippen LogP contribution in [0.1, 0.15) is 25.3 Å². The molecule has 0 bridgehead atoms. The van der Waals surface area contributed by atoms with Crippen molar-refractivity contribution in [2.75, 3.05) is 7.05 Å². The molecule has 1 saturated carbocycles. The Balaban J connectivity index is 1.87. The van der Waals surface area contributed by atoms with Crippen LogP contribution in [0, 0.1) is 5.82 Å². The summed E-state index contributed by atoms with van der Waals surface area (Å²) in [5, 5.41) is 2.99. The number of benzene rings is 1. The molecule has 1 aliphatic carbocycles. The third-order valence-electron chi connectivity index (χ3n) is 3.31. The van der Waals surface area contributed by atoms with Gasteiger partial charge in [0.05, 0.1) is 6.04 Å². The standard InChI is InChI=1S/C14H19FN2O/c1-10(14(18)16-13-7-8-13)17(2)9-11-3-5-12(15)6-4-11/h3-6,10,13H,7-9H2,1-2H3,(H,16,18)/t10-/m0/s1. The first-order chi connectivity index (χ1) is 8.56. The Bertz CT molecular complexity index is 414. The minimum atomic E-state index is -0.235. The predicted molar refractivity (Wildman–Crippen MR) is 68.5 cm³/mol. The number of nitrogens with zero attached hydrogens (tertiary/aromatic N) is 1. The molecule has 0 aliphatic heterocycles. The van der Waals surface area contributed by atoms with E-state index in [0.717, 1.165) is 18.4 Å². The second kappa shape index (κ2) is 5.48. The topological polar surface area (TPSA) is 32.3 Å². The van der Waals surface area contributed by atoms with Gasteiger partial charge in [0, 0.05) is 12.6 Å². The molecule has 3 nitrogen and oxygen atoms in total. The Morgan fingerprint density at radius 2 is 2.06 bits per heavy atom. The van der Waals surface area contributed by atoms with Crippen LogP contribution < -0.4 is 5.32 Å². The molecule has 1 aromatic carbocycles. The zero-order valence-corrected chi connectivity index (χ0v) is 10.8. The number of rotatable bonds is 5. The molecular formula is C14H19FN2O. The maximum atomic E-state index is 12.8. The summed E-state index contributed by atoms with van der Waals surface area (Å²) in [6.45, 7) is 2.53. The van der Waals surface area contributed by atoms with Crippen molar-refractivity contribution >= 4 is 5.91 Å². The summed E-state index contributed by atoms with van der Waals surface area (Å²) in [6.07, 6.45) is 2.19. The zero-order chi connectivity index (χ0) is 13.1. The third-order valence-corrected chi connectivity index (χ3v) is 3.31. The van der Waals surface area contributed by atoms with E-state index >= 15 is 0 Å². The van der Waals surface area contributed by atoms with Crippen molar-refractivity contribution in [1.29, 1.82) is 0 Å². The van der Waals surface area contributed by atoms with Crippen molar-refractivity contribution < 1.29 is 9.18 Å². The Labute approximate surface area is 107 Å². The highest BCUT2D eigenvalue weighted by atomic mass is 19.1. The lowest BCUT2D eigenvalue weighted by Crippen LogP contribution is -2.43. The normalized spacial score (nSPS) is 16.7. The molecule has 1 atom stereocenters. The Morgan fingerprint density at radius 3 is 2.61 bits per heavy atom. The lowest BCUT2D eigenvalue weighted by molar-refractivity contribution is -0.125. The first kappa shape index (κ1) is 13.0. The van der Waals surface area contributed by atoms with Gasteiger partial charge in [0.2, 0.25) is 5.91 Å². The van der Waals surface area contributed by atoms with Gasteiger partial charge in [0.15, 0.2) is 0 Å². The van der Waals surface area contributed by atoms with Crippen LogP contribution >= 0.6 is 0 Å². The van der Waals surface area contributed by atoms with Crippen LogP contribution in [0.3, 0.4) is 0 Å². The molecule has 1 amide bonds. The van der Waals surface area contributed by atoms with E-state index in [4.69, 9.17) is 0 Å². The van der Waals surface area contributed by atoms with Crippen molar-refractivity contribution in [3.8, 4) is 0 Å². The highest BCUT2D eigenvalue weighted by Crippen LogP contribution is 2.19. The number of nitrogens with one attached hydrogen (secondary N) is 1. The minimum Gasteiger partial charge on any atom is -0.352 e. The molecule has 0 aromatic heterocycles. The largest absolute Gasteiger partial charge is 0.352 e. The summed E-state index contributed by atoms with van der Waals surface area (Å²) < 4.78 is 12.8. The van der Waals surface area contributed by atoms with Crippen molar-refractivity contribution in [3.05, 3.63) is 35.6 Å². The number of carbonyl (C=O) groups is 1. The van der Waals surface area contributed by atoms with Gasteiger partial charge in [-0.15, -0.1) is 0 Å². The highest BCUT2D eigenvalue weighted by Gasteiger charge is 2.27. The van der Waals surface area contributed by atoms with Crippen molar-refractivity contribution in [2.45, 2.75) is 38.4 Å². The molecule has 1 N–H and O–H groups in total. The zero-order valence-electron chi connectivity index (χ0n) is 10.8. The molecule has 0 radical (unpaired) electrons. The second-order valence-electron chi connectivity index (χ2n) is 5.00. The van der Waals surface area contributed by atoms with E-state index < -0.39 is 0 Å².